The molecule has 0 unspecified atom stereocenters. The van der Waals surface area contributed by atoms with Gasteiger partial charge >= 0.3 is 0 Å². The molecule has 1 rings (SSSR count). The Labute approximate surface area is 62.1 Å². The molecule has 1 heteroatoms. The van der Waals surface area contributed by atoms with E-state index in [1.807, 2.05) is 18.2 Å². The van der Waals surface area contributed by atoms with E-state index in [0.29, 0.717) is 0 Å². The van der Waals surface area contributed by atoms with Crippen LogP contribution in [0.5, 0.6) is 0 Å². The first-order valence-corrected chi connectivity index (χ1v) is 3.75. The normalized spacial score (nSPS) is 9.70. The molecule has 0 saturated heterocycles. The van der Waals surface area contributed by atoms with Crippen molar-refractivity contribution < 1.29 is 0 Å². The lowest BCUT2D eigenvalue weighted by Crippen LogP contribution is -1.87. The van der Waals surface area contributed by atoms with E-state index in [0.717, 1.165) is 12.1 Å². The fourth-order valence-corrected chi connectivity index (χ4v) is 0.857. The minimum absolute atomic E-state index is 1.09. The second kappa shape index (κ2) is 4.04. The minimum atomic E-state index is 1.09. The first-order chi connectivity index (χ1) is 4.93. The lowest BCUT2D eigenvalue weighted by Gasteiger charge is -1.94. The number of hydrogen-bond acceptors (Lipinski definition) is 1. The molecule has 1 radical (unpaired) electrons. The molecule has 0 bridgehead atoms. The molecular formula is C9H12N. The molecule has 1 heterocycles. The van der Waals surface area contributed by atoms with Crippen molar-refractivity contribution in [3.05, 3.63) is 30.1 Å². The maximum atomic E-state index is 4.09. The lowest BCUT2D eigenvalue weighted by atomic mass is 10.2. The van der Waals surface area contributed by atoms with E-state index in [-0.39, 0.29) is 0 Å². The summed E-state index contributed by atoms with van der Waals surface area (Å²) in [6.45, 7) is 2.19. The maximum absolute atomic E-state index is 4.09. The van der Waals surface area contributed by atoms with Crippen LogP contribution in [0, 0.1) is 6.20 Å². The van der Waals surface area contributed by atoms with Crippen LogP contribution in [0.2, 0.25) is 0 Å². The topological polar surface area (TPSA) is 12.9 Å². The second-order valence-corrected chi connectivity index (χ2v) is 2.36. The molecule has 1 aromatic rings. The predicted octanol–water partition coefficient (Wildman–Crippen LogP) is 2.22. The predicted molar refractivity (Wildman–Crippen MR) is 41.7 cm³/mol. The van der Waals surface area contributed by atoms with E-state index in [9.17, 15) is 0 Å². The van der Waals surface area contributed by atoms with Gasteiger partial charge in [-0.1, -0.05) is 19.4 Å². The average molecular weight is 134 g/mol. The van der Waals surface area contributed by atoms with Gasteiger partial charge < -0.3 is 0 Å². The highest BCUT2D eigenvalue weighted by Gasteiger charge is 1.89. The zero-order valence-electron chi connectivity index (χ0n) is 6.30. The Morgan fingerprint density at radius 2 is 2.50 bits per heavy atom. The molecule has 0 aromatic carbocycles. The van der Waals surface area contributed by atoms with Gasteiger partial charge in [0.15, 0.2) is 0 Å². The van der Waals surface area contributed by atoms with Crippen LogP contribution in [0.3, 0.4) is 0 Å². The van der Waals surface area contributed by atoms with Crippen LogP contribution in [0.1, 0.15) is 25.5 Å². The number of unbranched alkanes of at least 4 members (excludes halogenated alkanes) is 1. The van der Waals surface area contributed by atoms with E-state index in [2.05, 4.69) is 18.1 Å². The van der Waals surface area contributed by atoms with Crippen LogP contribution >= 0.6 is 0 Å². The van der Waals surface area contributed by atoms with Crippen molar-refractivity contribution in [3.63, 3.8) is 0 Å². The highest BCUT2D eigenvalue weighted by molar-refractivity contribution is 5.02. The van der Waals surface area contributed by atoms with Crippen LogP contribution in [-0.2, 0) is 6.42 Å². The minimum Gasteiger partial charge on any atom is -0.251 e. The Morgan fingerprint density at radius 1 is 1.60 bits per heavy atom. The van der Waals surface area contributed by atoms with Gasteiger partial charge in [-0.2, -0.15) is 0 Å². The van der Waals surface area contributed by atoms with Gasteiger partial charge in [-0.25, -0.2) is 0 Å². The van der Waals surface area contributed by atoms with Crippen LogP contribution in [0.4, 0.5) is 0 Å². The van der Waals surface area contributed by atoms with Gasteiger partial charge in [0, 0.05) is 5.69 Å². The molecule has 0 aliphatic rings. The first-order valence-electron chi connectivity index (χ1n) is 3.75. The van der Waals surface area contributed by atoms with Gasteiger partial charge in [0.25, 0.3) is 0 Å². The molecule has 10 heavy (non-hydrogen) atoms. The molecule has 0 fully saturated rings. The Bertz CT molecular complexity index is 169. The summed E-state index contributed by atoms with van der Waals surface area (Å²) in [5, 5.41) is 0. The van der Waals surface area contributed by atoms with Crippen LogP contribution in [-0.4, -0.2) is 4.98 Å². The van der Waals surface area contributed by atoms with E-state index in [1.54, 1.807) is 0 Å². The number of pyridine rings is 1. The van der Waals surface area contributed by atoms with Gasteiger partial charge in [0.05, 0.1) is 6.20 Å². The summed E-state index contributed by atoms with van der Waals surface area (Å²) in [5.41, 5.74) is 1.16. The van der Waals surface area contributed by atoms with Gasteiger partial charge in [-0.15, -0.1) is 0 Å². The van der Waals surface area contributed by atoms with Crippen molar-refractivity contribution in [3.8, 4) is 0 Å². The Morgan fingerprint density at radius 3 is 3.10 bits per heavy atom. The summed E-state index contributed by atoms with van der Waals surface area (Å²) in [6, 6.07) is 5.86. The third-order valence-electron chi connectivity index (χ3n) is 1.45. The fourth-order valence-electron chi connectivity index (χ4n) is 0.857. The summed E-state index contributed by atoms with van der Waals surface area (Å²) in [6.07, 6.45) is 6.37. The number of rotatable bonds is 3. The van der Waals surface area contributed by atoms with Crippen LogP contribution in [0.25, 0.3) is 0 Å². The summed E-state index contributed by atoms with van der Waals surface area (Å²) in [4.78, 5) is 4.09. The number of aromatic nitrogens is 1. The average Bonchev–Trinajstić information content (AvgIpc) is 2.03. The lowest BCUT2D eigenvalue weighted by molar-refractivity contribution is 0.776. The standard InChI is InChI=1S/C9H12N/c1-2-3-6-9-7-4-5-8-10-9/h4-5,7H,2-3,6H2,1H3. The molecule has 0 N–H and O–H groups in total. The van der Waals surface area contributed by atoms with Gasteiger partial charge in [0.2, 0.25) is 0 Å². The molecule has 0 amide bonds. The highest BCUT2D eigenvalue weighted by atomic mass is 14.7. The monoisotopic (exact) mass is 134 g/mol. The zero-order valence-corrected chi connectivity index (χ0v) is 6.30. The van der Waals surface area contributed by atoms with Crippen LogP contribution < -0.4 is 0 Å². The summed E-state index contributed by atoms with van der Waals surface area (Å²) >= 11 is 0. The fraction of sp³-hybridized carbons (Fsp3) is 0.444. The van der Waals surface area contributed by atoms with Crippen molar-refractivity contribution >= 4 is 0 Å². The molecule has 0 aliphatic carbocycles. The molecule has 0 saturated carbocycles. The van der Waals surface area contributed by atoms with E-state index in [4.69, 9.17) is 0 Å². The van der Waals surface area contributed by atoms with Gasteiger partial charge in [-0.3, -0.25) is 4.98 Å². The summed E-state index contributed by atoms with van der Waals surface area (Å²) < 4.78 is 0. The Hall–Kier alpha value is -0.850. The molecule has 0 spiro atoms. The molecule has 1 nitrogen and oxygen atoms in total. The van der Waals surface area contributed by atoms with E-state index < -0.39 is 0 Å². The largest absolute Gasteiger partial charge is 0.251 e. The molecule has 0 atom stereocenters. The smallest absolute Gasteiger partial charge is 0.0889 e. The molecule has 53 valence electrons. The van der Waals surface area contributed by atoms with E-state index >= 15 is 0 Å². The highest BCUT2D eigenvalue weighted by Crippen LogP contribution is 1.99. The third-order valence-corrected chi connectivity index (χ3v) is 1.45. The Kier molecular flexibility index (Phi) is 2.94. The van der Waals surface area contributed by atoms with Crippen molar-refractivity contribution in [2.75, 3.05) is 0 Å². The molecule has 1 aromatic heterocycles. The summed E-state index contributed by atoms with van der Waals surface area (Å²) in [7, 11) is 0. The van der Waals surface area contributed by atoms with E-state index in [1.165, 1.54) is 12.8 Å². The SMILES string of the molecule is CCCCc1ccc[c]n1. The van der Waals surface area contributed by atoms with Gasteiger partial charge in [0.1, 0.15) is 0 Å². The van der Waals surface area contributed by atoms with Gasteiger partial charge in [-0.05, 0) is 25.0 Å². The third kappa shape index (κ3) is 2.18. The van der Waals surface area contributed by atoms with Crippen molar-refractivity contribution in [1.29, 1.82) is 0 Å². The second-order valence-electron chi connectivity index (χ2n) is 2.36. The Balaban J connectivity index is 2.43. The van der Waals surface area contributed by atoms with Crippen LogP contribution in [0.15, 0.2) is 18.2 Å². The molecule has 0 aliphatic heterocycles. The quantitative estimate of drug-likeness (QED) is 0.617. The molecular weight excluding hydrogens is 122 g/mol. The number of nitrogens with zero attached hydrogens (tertiary/aromatic N) is 1. The summed E-state index contributed by atoms with van der Waals surface area (Å²) in [5.74, 6) is 0. The zero-order chi connectivity index (χ0) is 7.23. The first kappa shape index (κ1) is 7.26. The van der Waals surface area contributed by atoms with Crippen molar-refractivity contribution in [1.82, 2.24) is 4.98 Å². The maximum Gasteiger partial charge on any atom is 0.0889 e. The number of aryl methyl sites for hydroxylation is 1. The van der Waals surface area contributed by atoms with Crippen molar-refractivity contribution in [2.24, 2.45) is 0 Å². The number of hydrogen-bond donors (Lipinski definition) is 0. The van der Waals surface area contributed by atoms with Crippen molar-refractivity contribution in [2.45, 2.75) is 26.2 Å².